The average Bonchev–Trinajstić information content (AvgIpc) is 3.17. The van der Waals surface area contributed by atoms with Gasteiger partial charge in [0, 0.05) is 12.8 Å². The Kier molecular flexibility index (Phi) is 43.4. The van der Waals surface area contributed by atoms with E-state index in [1.165, 1.54) is 173 Å². The lowest BCUT2D eigenvalue weighted by Crippen LogP contribution is -2.28. The third-order valence-electron chi connectivity index (χ3n) is 11.2. The maximum Gasteiger partial charge on any atom is 0.322 e. The first-order chi connectivity index (χ1) is 27.0. The largest absolute Gasteiger partial charge is 0.480 e. The molecule has 6 heteroatoms. The molecular weight excluding hydrogens is 683 g/mol. The summed E-state index contributed by atoms with van der Waals surface area (Å²) in [6.07, 6.45) is 53.5. The SMILES string of the molecule is CCCCCCCCCC/C=C\CCCCCC(CCCCCCCC(=O)NCC(=O)O)OC(=O)CCCCCCCCCCCCCCCCCCCC. The maximum absolute atomic E-state index is 12.8. The Bertz CT molecular complexity index is 858. The molecule has 6 nitrogen and oxygen atoms in total. The first kappa shape index (κ1) is 53.1. The number of esters is 1. The van der Waals surface area contributed by atoms with Crippen LogP contribution in [0.4, 0.5) is 0 Å². The minimum atomic E-state index is -1.01. The molecule has 2 N–H and O–H groups in total. The van der Waals surface area contributed by atoms with Crippen molar-refractivity contribution >= 4 is 17.8 Å². The average molecular weight is 776 g/mol. The number of hydrogen-bond acceptors (Lipinski definition) is 4. The van der Waals surface area contributed by atoms with E-state index in [-0.39, 0.29) is 24.5 Å². The highest BCUT2D eigenvalue weighted by molar-refractivity contribution is 5.80. The molecule has 0 aromatic carbocycles. The van der Waals surface area contributed by atoms with Crippen LogP contribution in [0.5, 0.6) is 0 Å². The molecule has 0 aliphatic heterocycles. The first-order valence-corrected chi connectivity index (χ1v) is 24.3. The highest BCUT2D eigenvalue weighted by atomic mass is 16.5. The molecular formula is C49H93NO5. The van der Waals surface area contributed by atoms with Gasteiger partial charge in [-0.3, -0.25) is 14.4 Å². The molecule has 0 aliphatic rings. The lowest BCUT2D eigenvalue weighted by molar-refractivity contribution is -0.150. The van der Waals surface area contributed by atoms with Gasteiger partial charge < -0.3 is 15.2 Å². The zero-order valence-electron chi connectivity index (χ0n) is 36.8. The number of aliphatic carboxylic acids is 1. The quantitative estimate of drug-likeness (QED) is 0.0365. The topological polar surface area (TPSA) is 92.7 Å². The third-order valence-corrected chi connectivity index (χ3v) is 11.2. The first-order valence-electron chi connectivity index (χ1n) is 24.3. The zero-order valence-corrected chi connectivity index (χ0v) is 36.8. The van der Waals surface area contributed by atoms with E-state index >= 15 is 0 Å². The molecule has 0 aromatic heterocycles. The van der Waals surface area contributed by atoms with E-state index in [4.69, 9.17) is 9.84 Å². The van der Waals surface area contributed by atoms with Gasteiger partial charge in [-0.2, -0.15) is 0 Å². The van der Waals surface area contributed by atoms with Crippen LogP contribution >= 0.6 is 0 Å². The predicted octanol–water partition coefficient (Wildman–Crippen LogP) is 15.3. The van der Waals surface area contributed by atoms with Crippen molar-refractivity contribution in [2.24, 2.45) is 0 Å². The van der Waals surface area contributed by atoms with Crippen LogP contribution in [0.2, 0.25) is 0 Å². The lowest BCUT2D eigenvalue weighted by atomic mass is 10.0. The molecule has 55 heavy (non-hydrogen) atoms. The molecule has 0 radical (unpaired) electrons. The maximum atomic E-state index is 12.8. The molecule has 0 bridgehead atoms. The smallest absolute Gasteiger partial charge is 0.322 e. The second-order valence-electron chi connectivity index (χ2n) is 16.7. The number of allylic oxidation sites excluding steroid dienone is 2. The second kappa shape index (κ2) is 44.9. The highest BCUT2D eigenvalue weighted by Crippen LogP contribution is 2.19. The number of carbonyl (C=O) groups is 3. The number of rotatable bonds is 45. The fourth-order valence-corrected chi connectivity index (χ4v) is 7.57. The molecule has 0 aromatic rings. The summed E-state index contributed by atoms with van der Waals surface area (Å²) in [4.78, 5) is 35.1. The number of carboxylic acid groups (broad SMARTS) is 1. The van der Waals surface area contributed by atoms with Gasteiger partial charge >= 0.3 is 11.9 Å². The van der Waals surface area contributed by atoms with Gasteiger partial charge in [0.1, 0.15) is 12.6 Å². The van der Waals surface area contributed by atoms with Crippen molar-refractivity contribution in [1.29, 1.82) is 0 Å². The summed E-state index contributed by atoms with van der Waals surface area (Å²) in [5.41, 5.74) is 0. The van der Waals surface area contributed by atoms with Crippen LogP contribution in [-0.4, -0.2) is 35.6 Å². The molecule has 0 saturated carbocycles. The van der Waals surface area contributed by atoms with Crippen molar-refractivity contribution < 1.29 is 24.2 Å². The minimum absolute atomic E-state index is 0.0160. The Morgan fingerprint density at radius 1 is 0.455 bits per heavy atom. The van der Waals surface area contributed by atoms with Gasteiger partial charge in [-0.1, -0.05) is 206 Å². The summed E-state index contributed by atoms with van der Waals surface area (Å²) in [5, 5.41) is 11.1. The van der Waals surface area contributed by atoms with Crippen molar-refractivity contribution in [2.45, 2.75) is 277 Å². The number of carbonyl (C=O) groups excluding carboxylic acids is 2. The monoisotopic (exact) mass is 776 g/mol. The Morgan fingerprint density at radius 2 is 0.782 bits per heavy atom. The molecule has 0 spiro atoms. The van der Waals surface area contributed by atoms with Crippen LogP contribution in [-0.2, 0) is 19.1 Å². The standard InChI is InChI=1S/C49H93NO5/c1-3-5-7-9-11-13-15-17-19-20-21-23-25-27-29-31-36-40-44-49(54)55-46(42-38-34-32-35-39-43-47(51)50-45-48(52)53)41-37-33-30-28-26-24-22-18-16-14-12-10-8-6-4-2/h24,26,46H,3-23,25,27-45H2,1-2H3,(H,50,51)(H,52,53)/b26-24-. The highest BCUT2D eigenvalue weighted by Gasteiger charge is 2.14. The minimum Gasteiger partial charge on any atom is -0.480 e. The lowest BCUT2D eigenvalue weighted by Gasteiger charge is -2.18. The van der Waals surface area contributed by atoms with Crippen molar-refractivity contribution in [2.75, 3.05) is 6.54 Å². The van der Waals surface area contributed by atoms with E-state index in [1.54, 1.807) is 0 Å². The van der Waals surface area contributed by atoms with E-state index in [0.29, 0.717) is 12.8 Å². The van der Waals surface area contributed by atoms with Crippen molar-refractivity contribution in [3.05, 3.63) is 12.2 Å². The zero-order chi connectivity index (χ0) is 40.1. The predicted molar refractivity (Wildman–Crippen MR) is 236 cm³/mol. The number of ether oxygens (including phenoxy) is 1. The van der Waals surface area contributed by atoms with Gasteiger partial charge in [0.05, 0.1) is 0 Å². The normalized spacial score (nSPS) is 12.0. The van der Waals surface area contributed by atoms with Gasteiger partial charge in [0.2, 0.25) is 5.91 Å². The van der Waals surface area contributed by atoms with Gasteiger partial charge in [-0.15, -0.1) is 0 Å². The van der Waals surface area contributed by atoms with Gasteiger partial charge in [-0.25, -0.2) is 0 Å². The summed E-state index contributed by atoms with van der Waals surface area (Å²) in [6, 6.07) is 0. The van der Waals surface area contributed by atoms with Crippen LogP contribution in [0.3, 0.4) is 0 Å². The van der Waals surface area contributed by atoms with E-state index in [1.807, 2.05) is 0 Å². The summed E-state index contributed by atoms with van der Waals surface area (Å²) in [7, 11) is 0. The second-order valence-corrected chi connectivity index (χ2v) is 16.7. The number of hydrogen-bond donors (Lipinski definition) is 2. The number of unbranched alkanes of at least 4 members (excludes halogenated alkanes) is 32. The molecule has 0 rings (SSSR count). The van der Waals surface area contributed by atoms with Crippen LogP contribution in [0.25, 0.3) is 0 Å². The molecule has 1 amide bonds. The number of nitrogens with one attached hydrogen (secondary N) is 1. The van der Waals surface area contributed by atoms with Crippen LogP contribution in [0.15, 0.2) is 12.2 Å². The molecule has 1 atom stereocenters. The van der Waals surface area contributed by atoms with E-state index in [2.05, 4.69) is 31.3 Å². The van der Waals surface area contributed by atoms with E-state index in [9.17, 15) is 14.4 Å². The molecule has 0 aliphatic carbocycles. The van der Waals surface area contributed by atoms with Crippen LogP contribution in [0.1, 0.15) is 271 Å². The van der Waals surface area contributed by atoms with Gasteiger partial charge in [0.15, 0.2) is 0 Å². The molecule has 324 valence electrons. The summed E-state index contributed by atoms with van der Waals surface area (Å²) >= 11 is 0. The van der Waals surface area contributed by atoms with Crippen molar-refractivity contribution in [1.82, 2.24) is 5.32 Å². The Hall–Kier alpha value is -1.85. The summed E-state index contributed by atoms with van der Waals surface area (Å²) in [5.74, 6) is -1.22. The fraction of sp³-hybridized carbons (Fsp3) is 0.898. The third kappa shape index (κ3) is 44.7. The Morgan fingerprint density at radius 3 is 1.18 bits per heavy atom. The summed E-state index contributed by atoms with van der Waals surface area (Å²) < 4.78 is 6.05. The van der Waals surface area contributed by atoms with E-state index < -0.39 is 5.97 Å². The van der Waals surface area contributed by atoms with E-state index in [0.717, 1.165) is 70.6 Å². The van der Waals surface area contributed by atoms with Crippen LogP contribution in [0, 0.1) is 0 Å². The van der Waals surface area contributed by atoms with Crippen molar-refractivity contribution in [3.8, 4) is 0 Å². The van der Waals surface area contributed by atoms with Gasteiger partial charge in [0.25, 0.3) is 0 Å². The van der Waals surface area contributed by atoms with Crippen molar-refractivity contribution in [3.63, 3.8) is 0 Å². The van der Waals surface area contributed by atoms with Crippen LogP contribution < -0.4 is 5.32 Å². The Balaban J connectivity index is 4.11. The summed E-state index contributed by atoms with van der Waals surface area (Å²) in [6.45, 7) is 4.25. The Labute approximate surface area is 342 Å². The van der Waals surface area contributed by atoms with Gasteiger partial charge in [-0.05, 0) is 64.2 Å². The molecule has 0 saturated heterocycles. The molecule has 1 unspecified atom stereocenters. The molecule has 0 heterocycles. The molecule has 0 fully saturated rings. The number of carboxylic acids is 1. The number of amides is 1. The fourth-order valence-electron chi connectivity index (χ4n) is 7.57.